The summed E-state index contributed by atoms with van der Waals surface area (Å²) in [5.41, 5.74) is 5.85. The molecule has 34 heavy (non-hydrogen) atoms. The predicted molar refractivity (Wildman–Crippen MR) is 121 cm³/mol. The van der Waals surface area contributed by atoms with Crippen molar-refractivity contribution in [2.24, 2.45) is 0 Å². The van der Waals surface area contributed by atoms with E-state index in [0.29, 0.717) is 26.0 Å². The molecule has 3 amide bonds. The summed E-state index contributed by atoms with van der Waals surface area (Å²) in [6.45, 7) is 4.33. The molecule has 1 aromatic carbocycles. The summed E-state index contributed by atoms with van der Waals surface area (Å²) in [7, 11) is 0. The van der Waals surface area contributed by atoms with Crippen LogP contribution >= 0.6 is 0 Å². The molecule has 5 N–H and O–H groups in total. The second kappa shape index (κ2) is 11.2. The lowest BCUT2D eigenvalue weighted by Crippen LogP contribution is -2.54. The topological polar surface area (TPSA) is 160 Å². The van der Waals surface area contributed by atoms with Crippen LogP contribution in [0, 0.1) is 0 Å². The molecule has 11 heteroatoms. The van der Waals surface area contributed by atoms with Crippen molar-refractivity contribution in [3.63, 3.8) is 0 Å². The Bertz CT molecular complexity index is 938. The number of cyclic esters (lactones) is 1. The van der Waals surface area contributed by atoms with Gasteiger partial charge in [0.2, 0.25) is 18.1 Å². The first kappa shape index (κ1) is 25.3. The van der Waals surface area contributed by atoms with E-state index in [1.54, 1.807) is 0 Å². The van der Waals surface area contributed by atoms with Crippen LogP contribution in [0.25, 0.3) is 0 Å². The molecule has 0 bridgehead atoms. The fourth-order valence-corrected chi connectivity index (χ4v) is 4.01. The molecule has 2 heterocycles. The number of anilines is 1. The standard InChI is InChI=1S/C23H32N4O7/c1-3-4-10-33-23-16(12-19(29)34-23)26-21(31)17-6-5-9-27(17)22(32)13(2)25-20(30)14-7-8-15(24)18(28)11-14/h7-8,11,13,16-17,23,28H,3-6,9-10,12,24H2,1-2H3,(H,25,30)(H,26,31)/t13-,16-,17-,23?/m0/s1. The Morgan fingerprint density at radius 2 is 2.12 bits per heavy atom. The number of nitrogens with one attached hydrogen (secondary N) is 2. The molecule has 0 aromatic heterocycles. The molecule has 2 aliphatic heterocycles. The third kappa shape index (κ3) is 5.96. The molecule has 1 unspecified atom stereocenters. The zero-order valence-corrected chi connectivity index (χ0v) is 19.4. The van der Waals surface area contributed by atoms with Gasteiger partial charge in [0.05, 0.1) is 18.7 Å². The molecule has 0 spiro atoms. The van der Waals surface area contributed by atoms with Gasteiger partial charge >= 0.3 is 5.97 Å². The van der Waals surface area contributed by atoms with Gasteiger partial charge in [-0.2, -0.15) is 0 Å². The smallest absolute Gasteiger partial charge is 0.310 e. The van der Waals surface area contributed by atoms with Crippen LogP contribution in [0.4, 0.5) is 5.69 Å². The molecule has 3 rings (SSSR count). The number of phenolic OH excluding ortho intramolecular Hbond substituents is 1. The van der Waals surface area contributed by atoms with Crippen molar-refractivity contribution < 1.29 is 33.8 Å². The zero-order chi connectivity index (χ0) is 24.8. The van der Waals surface area contributed by atoms with E-state index in [1.165, 1.54) is 30.0 Å². The molecule has 0 saturated carbocycles. The second-order valence-electron chi connectivity index (χ2n) is 8.56. The Morgan fingerprint density at radius 1 is 1.35 bits per heavy atom. The second-order valence-corrected chi connectivity index (χ2v) is 8.56. The minimum absolute atomic E-state index is 0.00406. The number of benzene rings is 1. The largest absolute Gasteiger partial charge is 0.506 e. The van der Waals surface area contributed by atoms with Crippen LogP contribution in [-0.2, 0) is 23.9 Å². The van der Waals surface area contributed by atoms with Gasteiger partial charge in [0, 0.05) is 12.1 Å². The molecule has 1 aromatic rings. The summed E-state index contributed by atoms with van der Waals surface area (Å²) in [5.74, 6) is -2.02. The fourth-order valence-electron chi connectivity index (χ4n) is 4.01. The van der Waals surface area contributed by atoms with Gasteiger partial charge in [-0.05, 0) is 44.4 Å². The number of phenols is 1. The number of nitrogens with zero attached hydrogens (tertiary/aromatic N) is 1. The quantitative estimate of drug-likeness (QED) is 0.175. The van der Waals surface area contributed by atoms with Gasteiger partial charge in [0.15, 0.2) is 0 Å². The van der Waals surface area contributed by atoms with Crippen LogP contribution in [0.15, 0.2) is 18.2 Å². The van der Waals surface area contributed by atoms with Crippen molar-refractivity contribution in [3.8, 4) is 5.75 Å². The summed E-state index contributed by atoms with van der Waals surface area (Å²) >= 11 is 0. The first-order valence-corrected chi connectivity index (χ1v) is 11.5. The van der Waals surface area contributed by atoms with Crippen molar-refractivity contribution in [2.45, 2.75) is 70.4 Å². The van der Waals surface area contributed by atoms with E-state index >= 15 is 0 Å². The van der Waals surface area contributed by atoms with Gasteiger partial charge in [0.25, 0.3) is 5.91 Å². The highest BCUT2D eigenvalue weighted by Gasteiger charge is 2.41. The lowest BCUT2D eigenvalue weighted by Gasteiger charge is -2.28. The number of hydrogen-bond donors (Lipinski definition) is 4. The third-order valence-electron chi connectivity index (χ3n) is 5.92. The van der Waals surface area contributed by atoms with Crippen molar-refractivity contribution >= 4 is 29.4 Å². The summed E-state index contributed by atoms with van der Waals surface area (Å²) in [6, 6.07) is 1.82. The molecule has 2 saturated heterocycles. The van der Waals surface area contributed by atoms with E-state index in [0.717, 1.165) is 12.8 Å². The number of aromatic hydroxyl groups is 1. The van der Waals surface area contributed by atoms with Gasteiger partial charge < -0.3 is 35.8 Å². The first-order valence-electron chi connectivity index (χ1n) is 11.5. The monoisotopic (exact) mass is 476 g/mol. The van der Waals surface area contributed by atoms with E-state index in [9.17, 15) is 24.3 Å². The van der Waals surface area contributed by atoms with E-state index in [2.05, 4.69) is 10.6 Å². The molecule has 4 atom stereocenters. The summed E-state index contributed by atoms with van der Waals surface area (Å²) < 4.78 is 10.8. The Balaban J connectivity index is 1.59. The molecular formula is C23H32N4O7. The maximum absolute atomic E-state index is 13.0. The third-order valence-corrected chi connectivity index (χ3v) is 5.92. The number of amides is 3. The molecule has 2 aliphatic rings. The predicted octanol–water partition coefficient (Wildman–Crippen LogP) is 0.658. The maximum atomic E-state index is 13.0. The number of unbranched alkanes of at least 4 members (excludes halogenated alkanes) is 1. The van der Waals surface area contributed by atoms with Gasteiger partial charge in [-0.3, -0.25) is 19.2 Å². The highest BCUT2D eigenvalue weighted by Crippen LogP contribution is 2.23. The average molecular weight is 477 g/mol. The van der Waals surface area contributed by atoms with Crippen LogP contribution in [0.5, 0.6) is 5.75 Å². The van der Waals surface area contributed by atoms with Gasteiger partial charge in [-0.1, -0.05) is 13.3 Å². The minimum Gasteiger partial charge on any atom is -0.506 e. The summed E-state index contributed by atoms with van der Waals surface area (Å²) in [5, 5.41) is 15.1. The molecule has 0 radical (unpaired) electrons. The Kier molecular flexibility index (Phi) is 8.32. The number of nitrogens with two attached hydrogens (primary N) is 1. The minimum atomic E-state index is -0.901. The molecule has 11 nitrogen and oxygen atoms in total. The number of carbonyl (C=O) groups excluding carboxylic acids is 4. The molecule has 0 aliphatic carbocycles. The highest BCUT2D eigenvalue weighted by molar-refractivity contribution is 5.99. The van der Waals surface area contributed by atoms with E-state index < -0.39 is 42.2 Å². The summed E-state index contributed by atoms with van der Waals surface area (Å²) in [6.07, 6.45) is 1.98. The number of hydrogen-bond acceptors (Lipinski definition) is 8. The number of nitrogen functional groups attached to an aromatic ring is 1. The Labute approximate surface area is 197 Å². The first-order chi connectivity index (χ1) is 16.2. The van der Waals surface area contributed by atoms with Gasteiger partial charge in [-0.25, -0.2) is 0 Å². The van der Waals surface area contributed by atoms with Crippen LogP contribution in [0.1, 0.15) is 56.3 Å². The van der Waals surface area contributed by atoms with Crippen LogP contribution in [-0.4, -0.2) is 71.3 Å². The van der Waals surface area contributed by atoms with E-state index in [4.69, 9.17) is 15.2 Å². The van der Waals surface area contributed by atoms with Crippen molar-refractivity contribution in [1.29, 1.82) is 0 Å². The Morgan fingerprint density at radius 3 is 2.82 bits per heavy atom. The number of ether oxygens (including phenoxy) is 2. The SMILES string of the molecule is CCCCOC1OC(=O)C[C@@H]1NC(=O)[C@@H]1CCCN1C(=O)[C@H](C)NC(=O)c1ccc(N)c(O)c1. The van der Waals surface area contributed by atoms with Crippen LogP contribution < -0.4 is 16.4 Å². The van der Waals surface area contributed by atoms with Crippen LogP contribution in [0.3, 0.4) is 0 Å². The number of rotatable bonds is 9. The lowest BCUT2D eigenvalue weighted by atomic mass is 10.1. The van der Waals surface area contributed by atoms with Gasteiger partial charge in [0.1, 0.15) is 23.9 Å². The molecule has 2 fully saturated rings. The number of likely N-dealkylation sites (tertiary alicyclic amines) is 1. The van der Waals surface area contributed by atoms with Crippen molar-refractivity contribution in [2.75, 3.05) is 18.9 Å². The number of esters is 1. The van der Waals surface area contributed by atoms with E-state index in [-0.39, 0.29) is 29.3 Å². The van der Waals surface area contributed by atoms with Crippen molar-refractivity contribution in [1.82, 2.24) is 15.5 Å². The van der Waals surface area contributed by atoms with Crippen molar-refractivity contribution in [3.05, 3.63) is 23.8 Å². The normalized spacial score (nSPS) is 22.8. The van der Waals surface area contributed by atoms with Gasteiger partial charge in [-0.15, -0.1) is 0 Å². The maximum Gasteiger partial charge on any atom is 0.310 e. The number of carbonyl (C=O) groups is 4. The summed E-state index contributed by atoms with van der Waals surface area (Å²) in [4.78, 5) is 51.7. The highest BCUT2D eigenvalue weighted by atomic mass is 16.7. The van der Waals surface area contributed by atoms with E-state index in [1.807, 2.05) is 6.92 Å². The average Bonchev–Trinajstić information content (AvgIpc) is 3.42. The zero-order valence-electron chi connectivity index (χ0n) is 19.4. The van der Waals surface area contributed by atoms with Crippen LogP contribution in [0.2, 0.25) is 0 Å². The Hall–Kier alpha value is -3.34. The lowest BCUT2D eigenvalue weighted by molar-refractivity contribution is -0.165. The molecule has 186 valence electrons. The molecular weight excluding hydrogens is 444 g/mol. The fraction of sp³-hybridized carbons (Fsp3) is 0.565.